The summed E-state index contributed by atoms with van der Waals surface area (Å²) in [6.07, 6.45) is 3.03. The minimum atomic E-state index is -0.902. The quantitative estimate of drug-likeness (QED) is 0.514. The second-order valence-electron chi connectivity index (χ2n) is 5.89. The number of benzene rings is 2. The Hall–Kier alpha value is -2.14. The summed E-state index contributed by atoms with van der Waals surface area (Å²) in [7, 11) is 1.55. The van der Waals surface area contributed by atoms with E-state index in [1.807, 2.05) is 10.6 Å². The number of halogens is 3. The molecule has 0 amide bonds. The molecule has 2 aromatic carbocycles. The minimum Gasteiger partial charge on any atom is -0.496 e. The molecule has 0 spiro atoms. The monoisotopic (exact) mass is 364 g/mol. The number of ether oxygens (including phenoxy) is 1. The van der Waals surface area contributed by atoms with Gasteiger partial charge in [-0.25, -0.2) is 13.8 Å². The molecule has 0 atom stereocenters. The molecule has 25 heavy (non-hydrogen) atoms. The first kappa shape index (κ1) is 17.7. The number of unbranched alkanes of at least 4 members (excludes halogenated alkanes) is 2. The molecular formula is C19H19ClF2N2O. The van der Waals surface area contributed by atoms with E-state index >= 15 is 0 Å². The molecule has 1 aromatic heterocycles. The van der Waals surface area contributed by atoms with Gasteiger partial charge in [0.1, 0.15) is 11.6 Å². The van der Waals surface area contributed by atoms with Crippen molar-refractivity contribution in [3.05, 3.63) is 47.0 Å². The number of hydrogen-bond donors (Lipinski definition) is 0. The largest absolute Gasteiger partial charge is 0.496 e. The third kappa shape index (κ3) is 3.47. The maximum Gasteiger partial charge on any atom is 0.161 e. The van der Waals surface area contributed by atoms with Gasteiger partial charge >= 0.3 is 0 Å². The van der Waals surface area contributed by atoms with Crippen LogP contribution in [0.5, 0.6) is 5.75 Å². The normalized spacial score (nSPS) is 11.2. The third-order valence-corrected chi connectivity index (χ3v) is 4.42. The summed E-state index contributed by atoms with van der Waals surface area (Å²) in [5.41, 5.74) is 1.73. The molecule has 6 heteroatoms. The summed E-state index contributed by atoms with van der Waals surface area (Å²) in [5, 5.41) is 0.548. The lowest BCUT2D eigenvalue weighted by atomic mass is 10.1. The van der Waals surface area contributed by atoms with E-state index in [-0.39, 0.29) is 0 Å². The maximum atomic E-state index is 13.8. The van der Waals surface area contributed by atoms with Crippen molar-refractivity contribution in [2.45, 2.75) is 32.7 Å². The second-order valence-corrected chi connectivity index (χ2v) is 6.33. The van der Waals surface area contributed by atoms with E-state index in [0.29, 0.717) is 34.2 Å². The molecule has 0 bridgehead atoms. The number of rotatable bonds is 6. The third-order valence-electron chi connectivity index (χ3n) is 4.18. The Morgan fingerprint density at radius 2 is 1.88 bits per heavy atom. The molecule has 3 aromatic rings. The SMILES string of the molecule is CCCCCn1c(-c2ccc(Cl)cc2OC)nc2cc(F)c(F)cc21. The maximum absolute atomic E-state index is 13.8. The number of aryl methyl sites for hydroxylation is 1. The molecular weight excluding hydrogens is 346 g/mol. The van der Waals surface area contributed by atoms with E-state index < -0.39 is 11.6 Å². The van der Waals surface area contributed by atoms with Crippen LogP contribution in [-0.2, 0) is 6.54 Å². The fourth-order valence-corrected chi connectivity index (χ4v) is 3.08. The first-order valence-electron chi connectivity index (χ1n) is 8.24. The average molecular weight is 365 g/mol. The number of methoxy groups -OCH3 is 1. The van der Waals surface area contributed by atoms with Crippen LogP contribution < -0.4 is 4.74 Å². The summed E-state index contributed by atoms with van der Waals surface area (Å²) >= 11 is 6.04. The van der Waals surface area contributed by atoms with Gasteiger partial charge in [0.05, 0.1) is 23.7 Å². The van der Waals surface area contributed by atoms with Crippen molar-refractivity contribution < 1.29 is 13.5 Å². The first-order valence-corrected chi connectivity index (χ1v) is 8.62. The molecule has 132 valence electrons. The lowest BCUT2D eigenvalue weighted by molar-refractivity contribution is 0.416. The van der Waals surface area contributed by atoms with Gasteiger partial charge < -0.3 is 9.30 Å². The zero-order chi connectivity index (χ0) is 18.0. The number of aromatic nitrogens is 2. The fourth-order valence-electron chi connectivity index (χ4n) is 2.92. The van der Waals surface area contributed by atoms with Gasteiger partial charge in [0.15, 0.2) is 11.6 Å². The van der Waals surface area contributed by atoms with Crippen LogP contribution in [0.2, 0.25) is 5.02 Å². The van der Waals surface area contributed by atoms with Crippen LogP contribution >= 0.6 is 11.6 Å². The molecule has 3 rings (SSSR count). The van der Waals surface area contributed by atoms with Crippen LogP contribution in [0.25, 0.3) is 22.4 Å². The van der Waals surface area contributed by atoms with Crippen LogP contribution in [0.3, 0.4) is 0 Å². The fraction of sp³-hybridized carbons (Fsp3) is 0.316. The number of hydrogen-bond acceptors (Lipinski definition) is 2. The van der Waals surface area contributed by atoms with Crippen molar-refractivity contribution in [1.82, 2.24) is 9.55 Å². The minimum absolute atomic E-state index is 0.419. The van der Waals surface area contributed by atoms with Crippen molar-refractivity contribution in [1.29, 1.82) is 0 Å². The van der Waals surface area contributed by atoms with Gasteiger partial charge in [0.25, 0.3) is 0 Å². The van der Waals surface area contributed by atoms with Crippen LogP contribution in [0.4, 0.5) is 8.78 Å². The average Bonchev–Trinajstić information content (AvgIpc) is 2.93. The highest BCUT2D eigenvalue weighted by Crippen LogP contribution is 2.34. The Bertz CT molecular complexity index is 908. The van der Waals surface area contributed by atoms with E-state index in [1.165, 1.54) is 6.07 Å². The predicted molar refractivity (Wildman–Crippen MR) is 96.2 cm³/mol. The Morgan fingerprint density at radius 1 is 1.12 bits per heavy atom. The second kappa shape index (κ2) is 7.40. The number of imidazole rings is 1. The van der Waals surface area contributed by atoms with E-state index in [4.69, 9.17) is 16.3 Å². The van der Waals surface area contributed by atoms with E-state index in [1.54, 1.807) is 19.2 Å². The highest BCUT2D eigenvalue weighted by Gasteiger charge is 2.18. The summed E-state index contributed by atoms with van der Waals surface area (Å²) in [4.78, 5) is 4.54. The molecule has 0 aliphatic carbocycles. The predicted octanol–water partition coefficient (Wildman–Crippen LogP) is 5.83. The lowest BCUT2D eigenvalue weighted by Crippen LogP contribution is -2.02. The molecule has 0 N–H and O–H groups in total. The van der Waals surface area contributed by atoms with Crippen LogP contribution in [0.1, 0.15) is 26.2 Å². The number of nitrogens with zero attached hydrogens (tertiary/aromatic N) is 2. The van der Waals surface area contributed by atoms with Crippen LogP contribution in [-0.4, -0.2) is 16.7 Å². The molecule has 1 heterocycles. The van der Waals surface area contributed by atoms with Crippen molar-refractivity contribution >= 4 is 22.6 Å². The van der Waals surface area contributed by atoms with Crippen molar-refractivity contribution in [3.63, 3.8) is 0 Å². The first-order chi connectivity index (χ1) is 12.0. The highest BCUT2D eigenvalue weighted by atomic mass is 35.5. The summed E-state index contributed by atoms with van der Waals surface area (Å²) < 4.78 is 34.7. The summed E-state index contributed by atoms with van der Waals surface area (Å²) in [6.45, 7) is 2.78. The molecule has 3 nitrogen and oxygen atoms in total. The van der Waals surface area contributed by atoms with Crippen LogP contribution in [0, 0.1) is 11.6 Å². The molecule has 0 radical (unpaired) electrons. The molecule has 0 saturated carbocycles. The van der Waals surface area contributed by atoms with Gasteiger partial charge in [0.2, 0.25) is 0 Å². The zero-order valence-electron chi connectivity index (χ0n) is 14.2. The lowest BCUT2D eigenvalue weighted by Gasteiger charge is -2.12. The molecule has 0 unspecified atom stereocenters. The van der Waals surface area contributed by atoms with Crippen molar-refractivity contribution in [2.24, 2.45) is 0 Å². The molecule has 0 fully saturated rings. The standard InChI is InChI=1S/C19H19ClF2N2O/c1-3-4-5-8-24-17-11-15(22)14(21)10-16(17)23-19(24)13-7-6-12(20)9-18(13)25-2/h6-7,9-11H,3-5,8H2,1-2H3. The molecule has 0 saturated heterocycles. The molecule has 0 aliphatic rings. The van der Waals surface area contributed by atoms with Gasteiger partial charge in [-0.2, -0.15) is 0 Å². The molecule has 0 aliphatic heterocycles. The van der Waals surface area contributed by atoms with Gasteiger partial charge in [0, 0.05) is 23.7 Å². The topological polar surface area (TPSA) is 27.1 Å². The van der Waals surface area contributed by atoms with E-state index in [0.717, 1.165) is 30.9 Å². The Kier molecular flexibility index (Phi) is 5.23. The summed E-state index contributed by atoms with van der Waals surface area (Å²) in [6, 6.07) is 7.60. The van der Waals surface area contributed by atoms with Crippen molar-refractivity contribution in [2.75, 3.05) is 7.11 Å². The van der Waals surface area contributed by atoms with Crippen LogP contribution in [0.15, 0.2) is 30.3 Å². The van der Waals surface area contributed by atoms with E-state index in [2.05, 4.69) is 11.9 Å². The Labute approximate surface area is 150 Å². The van der Waals surface area contributed by atoms with Gasteiger partial charge in [-0.1, -0.05) is 31.4 Å². The van der Waals surface area contributed by atoms with Gasteiger partial charge in [-0.15, -0.1) is 0 Å². The Balaban J connectivity index is 2.21. The van der Waals surface area contributed by atoms with Gasteiger partial charge in [-0.05, 0) is 24.6 Å². The van der Waals surface area contributed by atoms with Gasteiger partial charge in [-0.3, -0.25) is 0 Å². The summed E-state index contributed by atoms with van der Waals surface area (Å²) in [5.74, 6) is -0.593. The Morgan fingerprint density at radius 3 is 2.60 bits per heavy atom. The zero-order valence-corrected chi connectivity index (χ0v) is 14.9. The van der Waals surface area contributed by atoms with Crippen molar-refractivity contribution in [3.8, 4) is 17.1 Å². The highest BCUT2D eigenvalue weighted by molar-refractivity contribution is 6.30. The number of fused-ring (bicyclic) bond motifs is 1. The van der Waals surface area contributed by atoms with E-state index in [9.17, 15) is 8.78 Å². The smallest absolute Gasteiger partial charge is 0.161 e.